The van der Waals surface area contributed by atoms with E-state index in [0.29, 0.717) is 19.8 Å². The maximum absolute atomic E-state index is 12.6. The Morgan fingerprint density at radius 2 is 2.05 bits per heavy atom. The molecule has 0 aromatic carbocycles. The fraction of sp³-hybridized carbons (Fsp3) is 0.733. The third kappa shape index (κ3) is 2.73. The molecule has 0 radical (unpaired) electrons. The van der Waals surface area contributed by atoms with Crippen LogP contribution < -0.4 is 5.32 Å². The molecule has 1 fully saturated rings. The van der Waals surface area contributed by atoms with E-state index in [2.05, 4.69) is 17.3 Å². The van der Waals surface area contributed by atoms with Crippen LogP contribution in [-0.4, -0.2) is 28.9 Å². The van der Waals surface area contributed by atoms with Gasteiger partial charge in [-0.3, -0.25) is 9.48 Å². The van der Waals surface area contributed by atoms with Gasteiger partial charge in [-0.25, -0.2) is 0 Å². The fourth-order valence-corrected chi connectivity index (χ4v) is 2.93. The van der Waals surface area contributed by atoms with Crippen LogP contribution in [0.4, 0.5) is 0 Å². The predicted octanol–water partition coefficient (Wildman–Crippen LogP) is 1.86. The first-order chi connectivity index (χ1) is 9.50. The molecule has 1 saturated heterocycles. The second-order valence-corrected chi connectivity index (χ2v) is 5.70. The second-order valence-electron chi connectivity index (χ2n) is 5.70. The predicted molar refractivity (Wildman–Crippen MR) is 77.3 cm³/mol. The van der Waals surface area contributed by atoms with Crippen molar-refractivity contribution in [1.82, 2.24) is 15.1 Å². The van der Waals surface area contributed by atoms with Crippen molar-refractivity contribution in [1.29, 1.82) is 0 Å². The van der Waals surface area contributed by atoms with Crippen LogP contribution in [0.2, 0.25) is 0 Å². The number of aryl methyl sites for hydroxylation is 2. The number of carbonyl (C=O) groups is 1. The highest BCUT2D eigenvalue weighted by atomic mass is 16.5. The minimum Gasteiger partial charge on any atom is -0.381 e. The zero-order valence-electron chi connectivity index (χ0n) is 13.0. The quantitative estimate of drug-likeness (QED) is 0.915. The number of amides is 1. The van der Waals surface area contributed by atoms with Gasteiger partial charge in [0.05, 0.1) is 11.1 Å². The maximum atomic E-state index is 12.6. The normalized spacial score (nSPS) is 18.0. The summed E-state index contributed by atoms with van der Waals surface area (Å²) in [7, 11) is 1.93. The molecule has 1 aromatic rings. The number of carbonyl (C=O) groups excluding carboxylic acids is 1. The summed E-state index contributed by atoms with van der Waals surface area (Å²) >= 11 is 0. The van der Waals surface area contributed by atoms with Gasteiger partial charge in [0.2, 0.25) is 5.91 Å². The Kier molecular flexibility index (Phi) is 4.48. The molecular formula is C15H25N3O2. The molecule has 2 heterocycles. The van der Waals surface area contributed by atoms with Gasteiger partial charge in [-0.1, -0.05) is 6.92 Å². The summed E-state index contributed by atoms with van der Waals surface area (Å²) in [5.74, 6) is 0.158. The standard InChI is InChI=1S/C15H25N3O2/c1-5-15(6-8-20-9-7-15)14(19)16-10-13-11(2)17-18(4)12(13)3/h5-10H2,1-4H3,(H,16,19). The Morgan fingerprint density at radius 1 is 1.40 bits per heavy atom. The molecule has 1 aliphatic heterocycles. The Labute approximate surface area is 120 Å². The van der Waals surface area contributed by atoms with E-state index in [-0.39, 0.29) is 11.3 Å². The lowest BCUT2D eigenvalue weighted by Gasteiger charge is -2.34. The fourth-order valence-electron chi connectivity index (χ4n) is 2.93. The smallest absolute Gasteiger partial charge is 0.226 e. The summed E-state index contributed by atoms with van der Waals surface area (Å²) in [6.07, 6.45) is 2.51. The minimum absolute atomic E-state index is 0.158. The average Bonchev–Trinajstić information content (AvgIpc) is 2.70. The Morgan fingerprint density at radius 3 is 2.55 bits per heavy atom. The molecule has 0 saturated carbocycles. The molecule has 0 aliphatic carbocycles. The molecule has 0 unspecified atom stereocenters. The molecular weight excluding hydrogens is 254 g/mol. The lowest BCUT2D eigenvalue weighted by Crippen LogP contribution is -2.44. The first-order valence-electron chi connectivity index (χ1n) is 7.35. The van der Waals surface area contributed by atoms with E-state index in [1.54, 1.807) is 0 Å². The third-order valence-electron chi connectivity index (χ3n) is 4.69. The van der Waals surface area contributed by atoms with E-state index in [9.17, 15) is 4.79 Å². The maximum Gasteiger partial charge on any atom is 0.226 e. The minimum atomic E-state index is -0.248. The van der Waals surface area contributed by atoms with Crippen LogP contribution in [0.25, 0.3) is 0 Å². The summed E-state index contributed by atoms with van der Waals surface area (Å²) in [4.78, 5) is 12.6. The molecule has 0 spiro atoms. The molecule has 20 heavy (non-hydrogen) atoms. The van der Waals surface area contributed by atoms with Crippen LogP contribution in [0.1, 0.15) is 43.1 Å². The van der Waals surface area contributed by atoms with Crippen molar-refractivity contribution in [2.75, 3.05) is 13.2 Å². The van der Waals surface area contributed by atoms with Crippen LogP contribution in [0.3, 0.4) is 0 Å². The lowest BCUT2D eigenvalue weighted by molar-refractivity contribution is -0.137. The third-order valence-corrected chi connectivity index (χ3v) is 4.69. The number of ether oxygens (including phenoxy) is 1. The molecule has 1 amide bonds. The van der Waals surface area contributed by atoms with Gasteiger partial charge in [0.1, 0.15) is 0 Å². The van der Waals surface area contributed by atoms with Gasteiger partial charge in [-0.15, -0.1) is 0 Å². The molecule has 1 aromatic heterocycles. The van der Waals surface area contributed by atoms with Gasteiger partial charge in [0, 0.05) is 38.1 Å². The summed E-state index contributed by atoms with van der Waals surface area (Å²) in [6, 6.07) is 0. The number of hydrogen-bond acceptors (Lipinski definition) is 3. The lowest BCUT2D eigenvalue weighted by atomic mass is 9.77. The van der Waals surface area contributed by atoms with Gasteiger partial charge >= 0.3 is 0 Å². The van der Waals surface area contributed by atoms with Gasteiger partial charge in [0.25, 0.3) is 0 Å². The number of aromatic nitrogens is 2. The van der Waals surface area contributed by atoms with Gasteiger partial charge in [0.15, 0.2) is 0 Å². The molecule has 0 atom stereocenters. The van der Waals surface area contributed by atoms with E-state index < -0.39 is 0 Å². The Bertz CT molecular complexity index is 488. The zero-order valence-corrected chi connectivity index (χ0v) is 13.0. The summed E-state index contributed by atoms with van der Waals surface area (Å²) in [5.41, 5.74) is 2.98. The summed E-state index contributed by atoms with van der Waals surface area (Å²) in [5, 5.41) is 7.49. The van der Waals surface area contributed by atoms with E-state index in [1.165, 1.54) is 0 Å². The highest BCUT2D eigenvalue weighted by Gasteiger charge is 2.38. The largest absolute Gasteiger partial charge is 0.381 e. The van der Waals surface area contributed by atoms with Crippen molar-refractivity contribution < 1.29 is 9.53 Å². The van der Waals surface area contributed by atoms with E-state index in [0.717, 1.165) is 36.2 Å². The molecule has 1 N–H and O–H groups in total. The molecule has 0 bridgehead atoms. The van der Waals surface area contributed by atoms with Gasteiger partial charge < -0.3 is 10.1 Å². The average molecular weight is 279 g/mol. The molecule has 1 aliphatic rings. The van der Waals surface area contributed by atoms with Crippen molar-refractivity contribution in [3.05, 3.63) is 17.0 Å². The first kappa shape index (κ1) is 15.0. The van der Waals surface area contributed by atoms with Crippen LogP contribution in [0.15, 0.2) is 0 Å². The van der Waals surface area contributed by atoms with Gasteiger partial charge in [-0.05, 0) is 33.1 Å². The van der Waals surface area contributed by atoms with Crippen LogP contribution in [-0.2, 0) is 23.1 Å². The molecule has 5 nitrogen and oxygen atoms in total. The van der Waals surface area contributed by atoms with E-state index >= 15 is 0 Å². The highest BCUT2D eigenvalue weighted by molar-refractivity contribution is 5.82. The van der Waals surface area contributed by atoms with Crippen molar-refractivity contribution in [2.24, 2.45) is 12.5 Å². The Balaban J connectivity index is 2.04. The van der Waals surface area contributed by atoms with Crippen LogP contribution >= 0.6 is 0 Å². The van der Waals surface area contributed by atoms with Crippen LogP contribution in [0, 0.1) is 19.3 Å². The monoisotopic (exact) mass is 279 g/mol. The first-order valence-corrected chi connectivity index (χ1v) is 7.35. The van der Waals surface area contributed by atoms with Crippen molar-refractivity contribution in [3.8, 4) is 0 Å². The summed E-state index contributed by atoms with van der Waals surface area (Å²) < 4.78 is 7.25. The van der Waals surface area contributed by atoms with Gasteiger partial charge in [-0.2, -0.15) is 5.10 Å². The number of nitrogens with zero attached hydrogens (tertiary/aromatic N) is 2. The SMILES string of the molecule is CCC1(C(=O)NCc2c(C)nn(C)c2C)CCOCC1. The van der Waals surface area contributed by atoms with Crippen molar-refractivity contribution in [3.63, 3.8) is 0 Å². The molecule has 5 heteroatoms. The second kappa shape index (κ2) is 5.95. The summed E-state index contributed by atoms with van der Waals surface area (Å²) in [6.45, 7) is 8.04. The van der Waals surface area contributed by atoms with Crippen molar-refractivity contribution >= 4 is 5.91 Å². The number of hydrogen-bond donors (Lipinski definition) is 1. The van der Waals surface area contributed by atoms with E-state index in [4.69, 9.17) is 4.74 Å². The molecule has 2 rings (SSSR count). The van der Waals surface area contributed by atoms with E-state index in [1.807, 2.05) is 25.6 Å². The Hall–Kier alpha value is -1.36. The van der Waals surface area contributed by atoms with Crippen molar-refractivity contribution in [2.45, 2.75) is 46.6 Å². The van der Waals surface area contributed by atoms with Crippen LogP contribution in [0.5, 0.6) is 0 Å². The number of nitrogens with one attached hydrogen (secondary N) is 1. The number of rotatable bonds is 4. The topological polar surface area (TPSA) is 56.2 Å². The highest BCUT2D eigenvalue weighted by Crippen LogP contribution is 2.34. The molecule has 112 valence electrons. The zero-order chi connectivity index (χ0) is 14.8.